The van der Waals surface area contributed by atoms with Crippen LogP contribution in [0.2, 0.25) is 0 Å². The van der Waals surface area contributed by atoms with Gasteiger partial charge in [0.2, 0.25) is 0 Å². The van der Waals surface area contributed by atoms with Gasteiger partial charge in [0.1, 0.15) is 0 Å². The fraction of sp³-hybridized carbons (Fsp3) is 0.429. The maximum atomic E-state index is 11.8. The van der Waals surface area contributed by atoms with Crippen molar-refractivity contribution in [2.45, 2.75) is 31.7 Å². The van der Waals surface area contributed by atoms with E-state index in [0.717, 1.165) is 15.4 Å². The van der Waals surface area contributed by atoms with E-state index in [0.29, 0.717) is 11.6 Å². The molecule has 0 radical (unpaired) electrons. The van der Waals surface area contributed by atoms with Crippen LogP contribution in [0.25, 0.3) is 10.9 Å². The number of esters is 1. The number of hydrogen-bond donors (Lipinski definition) is 0. The molecule has 4 nitrogen and oxygen atoms in total. The molecule has 3 rings (SSSR count). The molecule has 0 atom stereocenters. The Morgan fingerprint density at radius 1 is 1.42 bits per heavy atom. The van der Waals surface area contributed by atoms with E-state index in [1.807, 2.05) is 16.9 Å². The largest absolute Gasteiger partial charge is 0.465 e. The summed E-state index contributed by atoms with van der Waals surface area (Å²) in [5.41, 5.74) is 1.40. The number of aromatic nitrogens is 2. The van der Waals surface area contributed by atoms with Crippen LogP contribution in [-0.2, 0) is 4.74 Å². The number of carbonyl (C=O) groups is 1. The Bertz CT molecular complexity index is 630. The molecule has 1 aromatic carbocycles. The summed E-state index contributed by atoms with van der Waals surface area (Å²) < 4.78 is 7.69. The van der Waals surface area contributed by atoms with Gasteiger partial charge >= 0.3 is 5.97 Å². The van der Waals surface area contributed by atoms with Crippen LogP contribution < -0.4 is 0 Å². The third-order valence-electron chi connectivity index (χ3n) is 3.71. The van der Waals surface area contributed by atoms with Crippen LogP contribution in [-0.4, -0.2) is 22.9 Å². The van der Waals surface area contributed by atoms with Crippen molar-refractivity contribution in [3.8, 4) is 0 Å². The summed E-state index contributed by atoms with van der Waals surface area (Å²) in [5.74, 6) is -0.322. The lowest BCUT2D eigenvalue weighted by molar-refractivity contribution is 0.0603. The minimum absolute atomic E-state index is 0.322. The molecule has 1 aliphatic carbocycles. The highest BCUT2D eigenvalue weighted by atomic mass is 79.9. The minimum Gasteiger partial charge on any atom is -0.465 e. The lowest BCUT2D eigenvalue weighted by Gasteiger charge is -2.08. The number of hydrogen-bond acceptors (Lipinski definition) is 3. The Hall–Kier alpha value is -1.36. The molecule has 0 spiro atoms. The van der Waals surface area contributed by atoms with Gasteiger partial charge in [0.15, 0.2) is 0 Å². The van der Waals surface area contributed by atoms with Gasteiger partial charge < -0.3 is 4.74 Å². The van der Waals surface area contributed by atoms with Crippen LogP contribution in [0.5, 0.6) is 0 Å². The van der Waals surface area contributed by atoms with Crippen molar-refractivity contribution in [1.29, 1.82) is 0 Å². The third kappa shape index (κ3) is 2.27. The van der Waals surface area contributed by atoms with E-state index in [1.165, 1.54) is 32.8 Å². The average molecular weight is 323 g/mol. The molecule has 1 heterocycles. The summed E-state index contributed by atoms with van der Waals surface area (Å²) in [6.07, 6.45) is 6.83. The fourth-order valence-corrected chi connectivity index (χ4v) is 3.19. The maximum absolute atomic E-state index is 11.8. The first kappa shape index (κ1) is 12.7. The first-order valence-corrected chi connectivity index (χ1v) is 7.25. The highest BCUT2D eigenvalue weighted by Gasteiger charge is 2.20. The summed E-state index contributed by atoms with van der Waals surface area (Å²) in [5, 5.41) is 5.47. The van der Waals surface area contributed by atoms with Crippen molar-refractivity contribution in [3.05, 3.63) is 28.4 Å². The monoisotopic (exact) mass is 322 g/mol. The normalized spacial score (nSPS) is 16.1. The Balaban J connectivity index is 2.12. The van der Waals surface area contributed by atoms with Crippen molar-refractivity contribution >= 4 is 32.8 Å². The molecule has 1 aromatic heterocycles. The van der Waals surface area contributed by atoms with Crippen molar-refractivity contribution < 1.29 is 9.53 Å². The zero-order chi connectivity index (χ0) is 13.4. The van der Waals surface area contributed by atoms with Gasteiger partial charge in [0, 0.05) is 16.1 Å². The van der Waals surface area contributed by atoms with Crippen LogP contribution in [0.4, 0.5) is 0 Å². The van der Waals surface area contributed by atoms with Crippen molar-refractivity contribution in [2.75, 3.05) is 7.11 Å². The molecule has 0 unspecified atom stereocenters. The van der Waals surface area contributed by atoms with Gasteiger partial charge in [-0.25, -0.2) is 4.79 Å². The zero-order valence-corrected chi connectivity index (χ0v) is 12.3. The van der Waals surface area contributed by atoms with E-state index in [9.17, 15) is 4.79 Å². The Morgan fingerprint density at radius 2 is 2.16 bits per heavy atom. The first-order valence-electron chi connectivity index (χ1n) is 6.46. The van der Waals surface area contributed by atoms with Crippen LogP contribution in [0.3, 0.4) is 0 Å². The molecule has 1 saturated carbocycles. The van der Waals surface area contributed by atoms with E-state index in [4.69, 9.17) is 4.74 Å². The highest BCUT2D eigenvalue weighted by molar-refractivity contribution is 9.10. The quantitative estimate of drug-likeness (QED) is 0.792. The molecule has 100 valence electrons. The second-order valence-electron chi connectivity index (χ2n) is 4.93. The Morgan fingerprint density at radius 3 is 2.84 bits per heavy atom. The van der Waals surface area contributed by atoms with Crippen LogP contribution in [0.1, 0.15) is 42.1 Å². The Kier molecular flexibility index (Phi) is 3.31. The topological polar surface area (TPSA) is 44.1 Å². The van der Waals surface area contributed by atoms with E-state index in [1.54, 1.807) is 6.07 Å². The minimum atomic E-state index is -0.322. The lowest BCUT2D eigenvalue weighted by Crippen LogP contribution is -2.04. The molecular weight excluding hydrogens is 308 g/mol. The molecule has 0 bridgehead atoms. The summed E-state index contributed by atoms with van der Waals surface area (Å²) >= 11 is 3.42. The molecule has 1 aliphatic rings. The van der Waals surface area contributed by atoms with E-state index in [2.05, 4.69) is 21.0 Å². The van der Waals surface area contributed by atoms with Crippen LogP contribution in [0, 0.1) is 0 Å². The molecule has 2 aromatic rings. The predicted molar refractivity (Wildman–Crippen MR) is 76.3 cm³/mol. The second kappa shape index (κ2) is 4.96. The van der Waals surface area contributed by atoms with Crippen molar-refractivity contribution in [1.82, 2.24) is 9.78 Å². The number of halogens is 1. The van der Waals surface area contributed by atoms with Gasteiger partial charge in [-0.15, -0.1) is 0 Å². The number of carbonyl (C=O) groups excluding carboxylic acids is 1. The summed E-state index contributed by atoms with van der Waals surface area (Å²) in [6, 6.07) is 4.19. The summed E-state index contributed by atoms with van der Waals surface area (Å²) in [6.45, 7) is 0. The summed E-state index contributed by atoms with van der Waals surface area (Å²) in [4.78, 5) is 11.8. The molecule has 1 fully saturated rings. The summed E-state index contributed by atoms with van der Waals surface area (Å²) in [7, 11) is 1.40. The second-order valence-corrected chi connectivity index (χ2v) is 5.84. The maximum Gasteiger partial charge on any atom is 0.338 e. The molecule has 0 aliphatic heterocycles. The molecule has 0 N–H and O–H groups in total. The molecule has 0 amide bonds. The van der Waals surface area contributed by atoms with Gasteiger partial charge in [-0.1, -0.05) is 28.8 Å². The number of benzene rings is 1. The van der Waals surface area contributed by atoms with Crippen LogP contribution in [0.15, 0.2) is 22.8 Å². The number of methoxy groups -OCH3 is 1. The van der Waals surface area contributed by atoms with E-state index < -0.39 is 0 Å². The predicted octanol–water partition coefficient (Wildman–Crippen LogP) is 3.70. The van der Waals surface area contributed by atoms with Crippen molar-refractivity contribution in [3.63, 3.8) is 0 Å². The van der Waals surface area contributed by atoms with Gasteiger partial charge in [-0.2, -0.15) is 5.10 Å². The van der Waals surface area contributed by atoms with Gasteiger partial charge in [-0.05, 0) is 25.0 Å². The molecule has 5 heteroatoms. The standard InChI is InChI=1S/C14H15BrN2O2/c1-19-14(18)11-6-9(15)7-13-12(11)8-17(16-13)10-4-2-3-5-10/h6-8,10H,2-5H2,1H3. The third-order valence-corrected chi connectivity index (χ3v) is 4.17. The number of rotatable bonds is 2. The fourth-order valence-electron chi connectivity index (χ4n) is 2.74. The van der Waals surface area contributed by atoms with E-state index >= 15 is 0 Å². The molecule has 19 heavy (non-hydrogen) atoms. The van der Waals surface area contributed by atoms with Crippen molar-refractivity contribution in [2.24, 2.45) is 0 Å². The molecule has 0 saturated heterocycles. The van der Waals surface area contributed by atoms with Crippen LogP contribution >= 0.6 is 15.9 Å². The number of fused-ring (bicyclic) bond motifs is 1. The first-order chi connectivity index (χ1) is 9.19. The average Bonchev–Trinajstić information content (AvgIpc) is 3.04. The van der Waals surface area contributed by atoms with Gasteiger partial charge in [0.25, 0.3) is 0 Å². The SMILES string of the molecule is COC(=O)c1cc(Br)cc2nn(C3CCCC3)cc12. The van der Waals surface area contributed by atoms with Gasteiger partial charge in [-0.3, -0.25) is 4.68 Å². The van der Waals surface area contributed by atoms with E-state index in [-0.39, 0.29) is 5.97 Å². The number of ether oxygens (including phenoxy) is 1. The zero-order valence-electron chi connectivity index (χ0n) is 10.7. The Labute approximate surface area is 119 Å². The lowest BCUT2D eigenvalue weighted by atomic mass is 10.1. The van der Waals surface area contributed by atoms with Gasteiger partial charge in [0.05, 0.1) is 24.2 Å². The highest BCUT2D eigenvalue weighted by Crippen LogP contribution is 2.31. The smallest absolute Gasteiger partial charge is 0.338 e. The number of nitrogens with zero attached hydrogens (tertiary/aromatic N) is 2. The molecular formula is C14H15BrN2O2.